The molecule has 0 spiro atoms. The fraction of sp³-hybridized carbons (Fsp3) is 0.0769. The third kappa shape index (κ3) is 2.49. The fourth-order valence-corrected chi connectivity index (χ4v) is 1.69. The van der Waals surface area contributed by atoms with Crippen molar-refractivity contribution in [1.82, 2.24) is 4.98 Å². The molecule has 3 nitrogen and oxygen atoms in total. The Labute approximate surface area is 108 Å². The van der Waals surface area contributed by atoms with Gasteiger partial charge >= 0.3 is 0 Å². The molecule has 92 valence electrons. The average Bonchev–Trinajstić information content (AvgIpc) is 2.37. The third-order valence-corrected chi connectivity index (χ3v) is 2.61. The van der Waals surface area contributed by atoms with E-state index in [-0.39, 0.29) is 22.2 Å². The summed E-state index contributed by atoms with van der Waals surface area (Å²) in [4.78, 5) is 15.8. The van der Waals surface area contributed by atoms with Crippen LogP contribution < -0.4 is 4.74 Å². The fourth-order valence-electron chi connectivity index (χ4n) is 1.52. The van der Waals surface area contributed by atoms with Crippen molar-refractivity contribution in [2.45, 2.75) is 0 Å². The van der Waals surface area contributed by atoms with Crippen molar-refractivity contribution >= 4 is 17.4 Å². The summed E-state index contributed by atoms with van der Waals surface area (Å²) in [6, 6.07) is 7.00. The van der Waals surface area contributed by atoms with Crippen LogP contribution >= 0.6 is 11.6 Å². The van der Waals surface area contributed by atoms with E-state index >= 15 is 0 Å². The molecule has 0 amide bonds. The summed E-state index contributed by atoms with van der Waals surface area (Å²) in [7, 11) is 1.36. The third-order valence-electron chi connectivity index (χ3n) is 2.40. The van der Waals surface area contributed by atoms with Gasteiger partial charge in [0, 0.05) is 17.3 Å². The molecule has 1 aromatic heterocycles. The number of rotatable bonds is 3. The van der Waals surface area contributed by atoms with E-state index < -0.39 is 5.82 Å². The maximum atomic E-state index is 13.5. The molecule has 0 fully saturated rings. The average molecular weight is 266 g/mol. The Hall–Kier alpha value is -1.94. The van der Waals surface area contributed by atoms with Crippen LogP contribution in [0.3, 0.4) is 0 Å². The second-order valence-corrected chi connectivity index (χ2v) is 3.93. The lowest BCUT2D eigenvalue weighted by Gasteiger charge is -2.05. The minimum absolute atomic E-state index is 0.0966. The molecule has 0 unspecified atom stereocenters. The molecule has 0 aliphatic heterocycles. The molecule has 0 radical (unpaired) electrons. The van der Waals surface area contributed by atoms with Gasteiger partial charge in [0.05, 0.1) is 7.11 Å². The number of ether oxygens (including phenoxy) is 1. The molecule has 1 aromatic carbocycles. The van der Waals surface area contributed by atoms with Gasteiger partial charge < -0.3 is 4.74 Å². The maximum Gasteiger partial charge on any atom is 0.193 e. The van der Waals surface area contributed by atoms with Gasteiger partial charge in [0.2, 0.25) is 0 Å². The van der Waals surface area contributed by atoms with Crippen molar-refractivity contribution in [3.63, 3.8) is 0 Å². The summed E-state index contributed by atoms with van der Waals surface area (Å²) >= 11 is 5.70. The number of aromatic nitrogens is 1. The standard InChI is InChI=1S/C13H9ClFNO2/c1-18-11-3-2-8(6-10(11)15)13(17)9-4-5-16-12(14)7-9/h2-7H,1H3. The van der Waals surface area contributed by atoms with Crippen LogP contribution in [-0.2, 0) is 0 Å². The van der Waals surface area contributed by atoms with Gasteiger partial charge in [-0.2, -0.15) is 0 Å². The van der Waals surface area contributed by atoms with Crippen LogP contribution in [0, 0.1) is 5.82 Å². The first kappa shape index (κ1) is 12.5. The van der Waals surface area contributed by atoms with Crippen molar-refractivity contribution in [2.75, 3.05) is 7.11 Å². The molecular weight excluding hydrogens is 257 g/mol. The van der Waals surface area contributed by atoms with Crippen molar-refractivity contribution in [1.29, 1.82) is 0 Å². The molecule has 0 N–H and O–H groups in total. The number of nitrogens with zero attached hydrogens (tertiary/aromatic N) is 1. The molecule has 2 aromatic rings. The molecule has 18 heavy (non-hydrogen) atoms. The Balaban J connectivity index is 2.37. The minimum Gasteiger partial charge on any atom is -0.494 e. The van der Waals surface area contributed by atoms with Gasteiger partial charge in [0.25, 0.3) is 0 Å². The second-order valence-electron chi connectivity index (χ2n) is 3.55. The lowest BCUT2D eigenvalue weighted by atomic mass is 10.0. The molecule has 0 aliphatic rings. The van der Waals surface area contributed by atoms with Crippen molar-refractivity contribution in [3.8, 4) is 5.75 Å². The zero-order chi connectivity index (χ0) is 13.1. The molecule has 2 rings (SSSR count). The van der Waals surface area contributed by atoms with Crippen molar-refractivity contribution in [3.05, 3.63) is 58.6 Å². The first-order chi connectivity index (χ1) is 8.61. The number of carbonyl (C=O) groups excluding carboxylic acids is 1. The van der Waals surface area contributed by atoms with E-state index in [2.05, 4.69) is 4.98 Å². The van der Waals surface area contributed by atoms with Crippen LogP contribution in [0.1, 0.15) is 15.9 Å². The second kappa shape index (κ2) is 5.14. The summed E-state index contributed by atoms with van der Waals surface area (Å²) in [6.45, 7) is 0. The van der Waals surface area contributed by atoms with Crippen molar-refractivity contribution < 1.29 is 13.9 Å². The summed E-state index contributed by atoms with van der Waals surface area (Å²) in [5, 5.41) is 0.217. The summed E-state index contributed by atoms with van der Waals surface area (Å²) in [6.07, 6.45) is 1.43. The van der Waals surface area contributed by atoms with E-state index in [4.69, 9.17) is 16.3 Å². The van der Waals surface area contributed by atoms with Gasteiger partial charge in [-0.1, -0.05) is 11.6 Å². The Morgan fingerprint density at radius 3 is 2.61 bits per heavy atom. The van der Waals surface area contributed by atoms with E-state index in [0.717, 1.165) is 6.07 Å². The van der Waals surface area contributed by atoms with Crippen LogP contribution in [0.5, 0.6) is 5.75 Å². The van der Waals surface area contributed by atoms with E-state index in [0.29, 0.717) is 5.56 Å². The molecule has 1 heterocycles. The number of carbonyl (C=O) groups is 1. The smallest absolute Gasteiger partial charge is 0.193 e. The normalized spacial score (nSPS) is 10.2. The van der Waals surface area contributed by atoms with Crippen LogP contribution in [0.4, 0.5) is 4.39 Å². The van der Waals surface area contributed by atoms with Gasteiger partial charge in [-0.3, -0.25) is 4.79 Å². The highest BCUT2D eigenvalue weighted by molar-refractivity contribution is 6.29. The topological polar surface area (TPSA) is 39.2 Å². The number of halogens is 2. The highest BCUT2D eigenvalue weighted by Gasteiger charge is 2.12. The summed E-state index contributed by atoms with van der Waals surface area (Å²) in [5.41, 5.74) is 0.593. The molecule has 0 saturated heterocycles. The summed E-state index contributed by atoms with van der Waals surface area (Å²) in [5.74, 6) is -0.802. The molecular formula is C13H9ClFNO2. The SMILES string of the molecule is COc1ccc(C(=O)c2ccnc(Cl)c2)cc1F. The summed E-state index contributed by atoms with van der Waals surface area (Å²) < 4.78 is 18.3. The van der Waals surface area contributed by atoms with Gasteiger partial charge in [-0.05, 0) is 30.3 Å². The first-order valence-corrected chi connectivity index (χ1v) is 5.49. The maximum absolute atomic E-state index is 13.5. The van der Waals surface area contributed by atoms with E-state index in [1.807, 2.05) is 0 Å². The van der Waals surface area contributed by atoms with Crippen LogP contribution in [-0.4, -0.2) is 17.9 Å². The molecule has 5 heteroatoms. The molecule has 0 aliphatic carbocycles. The van der Waals surface area contributed by atoms with Gasteiger partial charge in [0.15, 0.2) is 17.3 Å². The number of methoxy groups -OCH3 is 1. The van der Waals surface area contributed by atoms with Gasteiger partial charge in [-0.15, -0.1) is 0 Å². The predicted molar refractivity (Wildman–Crippen MR) is 65.6 cm³/mol. The largest absolute Gasteiger partial charge is 0.494 e. The Bertz CT molecular complexity index is 601. The van der Waals surface area contributed by atoms with E-state index in [1.54, 1.807) is 0 Å². The molecule has 0 atom stereocenters. The monoisotopic (exact) mass is 265 g/mol. The van der Waals surface area contributed by atoms with Crippen LogP contribution in [0.2, 0.25) is 5.15 Å². The Morgan fingerprint density at radius 2 is 2.00 bits per heavy atom. The Kier molecular flexibility index (Phi) is 3.58. The Morgan fingerprint density at radius 1 is 1.28 bits per heavy atom. The minimum atomic E-state index is -0.580. The number of pyridine rings is 1. The molecule has 0 saturated carbocycles. The van der Waals surface area contributed by atoms with Gasteiger partial charge in [0.1, 0.15) is 5.15 Å². The predicted octanol–water partition coefficient (Wildman–Crippen LogP) is 3.11. The number of benzene rings is 1. The zero-order valence-corrected chi connectivity index (χ0v) is 10.2. The highest BCUT2D eigenvalue weighted by Crippen LogP contribution is 2.20. The highest BCUT2D eigenvalue weighted by atomic mass is 35.5. The quantitative estimate of drug-likeness (QED) is 0.632. The van der Waals surface area contributed by atoms with Crippen LogP contribution in [0.15, 0.2) is 36.5 Å². The zero-order valence-electron chi connectivity index (χ0n) is 9.48. The lowest BCUT2D eigenvalue weighted by molar-refractivity contribution is 0.103. The van der Waals surface area contributed by atoms with Gasteiger partial charge in [-0.25, -0.2) is 9.37 Å². The van der Waals surface area contributed by atoms with E-state index in [1.165, 1.54) is 37.6 Å². The lowest BCUT2D eigenvalue weighted by Crippen LogP contribution is -2.02. The number of hydrogen-bond donors (Lipinski definition) is 0. The first-order valence-electron chi connectivity index (χ1n) is 5.11. The number of ketones is 1. The molecule has 0 bridgehead atoms. The number of hydrogen-bond acceptors (Lipinski definition) is 3. The van der Waals surface area contributed by atoms with Crippen LogP contribution in [0.25, 0.3) is 0 Å². The van der Waals surface area contributed by atoms with Crippen molar-refractivity contribution in [2.24, 2.45) is 0 Å². The van der Waals surface area contributed by atoms with E-state index in [9.17, 15) is 9.18 Å².